The molecule has 5 nitrogen and oxygen atoms in total. The van der Waals surface area contributed by atoms with Crippen LogP contribution in [-0.2, 0) is 10.0 Å². The molecule has 0 saturated heterocycles. The highest BCUT2D eigenvalue weighted by molar-refractivity contribution is 7.89. The van der Waals surface area contributed by atoms with Crippen molar-refractivity contribution >= 4 is 22.7 Å². The van der Waals surface area contributed by atoms with Gasteiger partial charge in [-0.3, -0.25) is 0 Å². The van der Waals surface area contributed by atoms with Crippen LogP contribution in [-0.4, -0.2) is 30.7 Å². The first-order valence-corrected chi connectivity index (χ1v) is 7.36. The largest absolute Gasteiger partial charge is 0.348 e. The number of aromatic nitrogens is 2. The molecule has 1 rings (SSSR count). The van der Waals surface area contributed by atoms with Crippen molar-refractivity contribution in [3.8, 4) is 0 Å². The molecule has 0 saturated carbocycles. The van der Waals surface area contributed by atoms with Crippen molar-refractivity contribution in [2.75, 3.05) is 12.3 Å². The molecule has 0 fully saturated rings. The number of hydrogen-bond donors (Lipinski definition) is 3. The van der Waals surface area contributed by atoms with Crippen LogP contribution < -0.4 is 4.72 Å². The SMILES string of the molecule is CCCCS(=O)(=O)NCC(S)c1ncc[nH]1. The number of nitrogens with one attached hydrogen (secondary N) is 2. The molecule has 0 aliphatic rings. The molecule has 0 aliphatic heterocycles. The standard InChI is InChI=1S/C9H17N3O2S2/c1-2-3-6-16(13,14)12-7-8(15)9-10-4-5-11-9/h4-5,8,12,15H,2-3,6-7H2,1H3,(H,10,11). The molecule has 1 aromatic heterocycles. The predicted octanol–water partition coefficient (Wildman–Crippen LogP) is 1.10. The van der Waals surface area contributed by atoms with Gasteiger partial charge in [-0.15, -0.1) is 0 Å². The van der Waals surface area contributed by atoms with Crippen LogP contribution in [0.25, 0.3) is 0 Å². The van der Waals surface area contributed by atoms with Crippen LogP contribution in [0.1, 0.15) is 30.8 Å². The van der Waals surface area contributed by atoms with Gasteiger partial charge in [-0.2, -0.15) is 12.6 Å². The van der Waals surface area contributed by atoms with E-state index in [0.29, 0.717) is 12.2 Å². The van der Waals surface area contributed by atoms with Crippen molar-refractivity contribution < 1.29 is 8.42 Å². The molecule has 1 unspecified atom stereocenters. The normalized spacial score (nSPS) is 13.9. The molecule has 0 aliphatic carbocycles. The van der Waals surface area contributed by atoms with Gasteiger partial charge in [0, 0.05) is 18.9 Å². The number of sulfonamides is 1. The highest BCUT2D eigenvalue weighted by Crippen LogP contribution is 2.13. The minimum absolute atomic E-state index is 0.169. The zero-order valence-electron chi connectivity index (χ0n) is 9.18. The van der Waals surface area contributed by atoms with Crippen LogP contribution in [0.3, 0.4) is 0 Å². The summed E-state index contributed by atoms with van der Waals surface area (Å²) in [6.45, 7) is 2.21. The van der Waals surface area contributed by atoms with Crippen LogP contribution >= 0.6 is 12.6 Å². The van der Waals surface area contributed by atoms with E-state index in [9.17, 15) is 8.42 Å². The van der Waals surface area contributed by atoms with E-state index >= 15 is 0 Å². The van der Waals surface area contributed by atoms with Gasteiger partial charge in [-0.1, -0.05) is 13.3 Å². The fourth-order valence-electron chi connectivity index (χ4n) is 1.17. The lowest BCUT2D eigenvalue weighted by atomic mass is 10.4. The molecular formula is C9H17N3O2S2. The first kappa shape index (κ1) is 13.5. The van der Waals surface area contributed by atoms with Gasteiger partial charge in [0.05, 0.1) is 11.0 Å². The number of nitrogens with zero attached hydrogens (tertiary/aromatic N) is 1. The minimum Gasteiger partial charge on any atom is -0.348 e. The van der Waals surface area contributed by atoms with Gasteiger partial charge in [0.1, 0.15) is 5.82 Å². The smallest absolute Gasteiger partial charge is 0.211 e. The molecule has 0 aromatic carbocycles. The molecule has 1 aromatic rings. The van der Waals surface area contributed by atoms with E-state index in [0.717, 1.165) is 6.42 Å². The number of H-pyrrole nitrogens is 1. The van der Waals surface area contributed by atoms with E-state index < -0.39 is 10.0 Å². The van der Waals surface area contributed by atoms with Gasteiger partial charge in [0.25, 0.3) is 0 Å². The Morgan fingerprint density at radius 2 is 2.38 bits per heavy atom. The fraction of sp³-hybridized carbons (Fsp3) is 0.667. The summed E-state index contributed by atoms with van der Waals surface area (Å²) in [7, 11) is -3.17. The maximum atomic E-state index is 11.5. The van der Waals surface area contributed by atoms with Crippen molar-refractivity contribution in [3.63, 3.8) is 0 Å². The first-order valence-electron chi connectivity index (χ1n) is 5.20. The third kappa shape index (κ3) is 4.54. The van der Waals surface area contributed by atoms with Gasteiger partial charge in [-0.05, 0) is 6.42 Å². The summed E-state index contributed by atoms with van der Waals surface area (Å²) in [5, 5.41) is -0.244. The Morgan fingerprint density at radius 1 is 1.62 bits per heavy atom. The van der Waals surface area contributed by atoms with Crippen LogP contribution in [0, 0.1) is 0 Å². The Kier molecular flexibility index (Phi) is 5.30. The third-order valence-electron chi connectivity index (χ3n) is 2.10. The highest BCUT2D eigenvalue weighted by Gasteiger charge is 2.14. The van der Waals surface area contributed by atoms with E-state index in [-0.39, 0.29) is 17.5 Å². The molecule has 0 radical (unpaired) electrons. The van der Waals surface area contributed by atoms with Crippen molar-refractivity contribution in [1.82, 2.24) is 14.7 Å². The van der Waals surface area contributed by atoms with E-state index in [2.05, 4.69) is 27.3 Å². The summed E-state index contributed by atoms with van der Waals surface area (Å²) in [5.74, 6) is 0.837. The molecule has 7 heteroatoms. The Morgan fingerprint density at radius 3 is 2.94 bits per heavy atom. The summed E-state index contributed by atoms with van der Waals surface area (Å²) < 4.78 is 25.5. The number of imidazole rings is 1. The van der Waals surface area contributed by atoms with E-state index in [1.807, 2.05) is 6.92 Å². The lowest BCUT2D eigenvalue weighted by molar-refractivity contribution is 0.577. The number of rotatable bonds is 7. The second-order valence-electron chi connectivity index (χ2n) is 3.51. The Hall–Kier alpha value is -0.530. The molecule has 16 heavy (non-hydrogen) atoms. The number of aromatic amines is 1. The Bertz CT molecular complexity index is 389. The van der Waals surface area contributed by atoms with E-state index in [1.165, 1.54) is 0 Å². The van der Waals surface area contributed by atoms with Crippen LogP contribution in [0.5, 0.6) is 0 Å². The van der Waals surface area contributed by atoms with Crippen LogP contribution in [0.2, 0.25) is 0 Å². The fourth-order valence-corrected chi connectivity index (χ4v) is 2.76. The number of unbranched alkanes of at least 4 members (excludes halogenated alkanes) is 1. The average molecular weight is 263 g/mol. The van der Waals surface area contributed by atoms with Crippen molar-refractivity contribution in [1.29, 1.82) is 0 Å². The van der Waals surface area contributed by atoms with Crippen LogP contribution in [0.15, 0.2) is 12.4 Å². The molecule has 2 N–H and O–H groups in total. The second kappa shape index (κ2) is 6.27. The second-order valence-corrected chi connectivity index (χ2v) is 6.06. The highest BCUT2D eigenvalue weighted by atomic mass is 32.2. The monoisotopic (exact) mass is 263 g/mol. The number of thiol groups is 1. The molecule has 0 amide bonds. The summed E-state index contributed by atoms with van der Waals surface area (Å²) in [6, 6.07) is 0. The lowest BCUT2D eigenvalue weighted by Crippen LogP contribution is -2.29. The maximum absolute atomic E-state index is 11.5. The summed E-state index contributed by atoms with van der Waals surface area (Å²) >= 11 is 4.27. The van der Waals surface area contributed by atoms with E-state index in [4.69, 9.17) is 0 Å². The predicted molar refractivity (Wildman–Crippen MR) is 67.0 cm³/mol. The lowest BCUT2D eigenvalue weighted by Gasteiger charge is -2.09. The maximum Gasteiger partial charge on any atom is 0.211 e. The molecule has 92 valence electrons. The molecular weight excluding hydrogens is 246 g/mol. The van der Waals surface area contributed by atoms with Gasteiger partial charge in [0.2, 0.25) is 10.0 Å². The Balaban J connectivity index is 2.39. The number of hydrogen-bond acceptors (Lipinski definition) is 4. The first-order chi connectivity index (χ1) is 7.55. The topological polar surface area (TPSA) is 74.8 Å². The van der Waals surface area contributed by atoms with Gasteiger partial charge in [-0.25, -0.2) is 18.1 Å². The molecule has 0 spiro atoms. The van der Waals surface area contributed by atoms with Crippen molar-refractivity contribution in [2.45, 2.75) is 25.0 Å². The molecule has 1 heterocycles. The van der Waals surface area contributed by atoms with Gasteiger partial charge < -0.3 is 4.98 Å². The third-order valence-corrected chi connectivity index (χ3v) is 3.96. The quantitative estimate of drug-likeness (QED) is 0.645. The Labute approximate surface area is 102 Å². The molecule has 1 atom stereocenters. The van der Waals surface area contributed by atoms with Gasteiger partial charge >= 0.3 is 0 Å². The summed E-state index contributed by atoms with van der Waals surface area (Å²) in [6.07, 6.45) is 4.84. The van der Waals surface area contributed by atoms with Crippen molar-refractivity contribution in [2.24, 2.45) is 0 Å². The summed E-state index contributed by atoms with van der Waals surface area (Å²) in [5.41, 5.74) is 0. The zero-order chi connectivity index (χ0) is 12.0. The summed E-state index contributed by atoms with van der Waals surface area (Å²) in [4.78, 5) is 6.91. The zero-order valence-corrected chi connectivity index (χ0v) is 10.9. The van der Waals surface area contributed by atoms with Crippen LogP contribution in [0.4, 0.5) is 0 Å². The average Bonchev–Trinajstić information content (AvgIpc) is 2.77. The molecule has 0 bridgehead atoms. The van der Waals surface area contributed by atoms with E-state index in [1.54, 1.807) is 12.4 Å². The van der Waals surface area contributed by atoms with Crippen molar-refractivity contribution in [3.05, 3.63) is 18.2 Å². The van der Waals surface area contributed by atoms with Gasteiger partial charge in [0.15, 0.2) is 0 Å². The minimum atomic E-state index is -3.17.